The molecule has 2 fully saturated rings. The van der Waals surface area contributed by atoms with E-state index in [0.29, 0.717) is 39.0 Å². The Labute approximate surface area is 151 Å². The van der Waals surface area contributed by atoms with Gasteiger partial charge in [-0.2, -0.15) is 4.31 Å². The summed E-state index contributed by atoms with van der Waals surface area (Å²) in [6, 6.07) is 1.40. The van der Waals surface area contributed by atoms with Crippen LogP contribution in [0.4, 0.5) is 0 Å². The quantitative estimate of drug-likeness (QED) is 0.812. The van der Waals surface area contributed by atoms with Crippen molar-refractivity contribution in [3.05, 3.63) is 17.9 Å². The number of nitrogens with zero attached hydrogens (tertiary/aromatic N) is 2. The molecule has 2 aliphatic heterocycles. The molecule has 9 nitrogen and oxygen atoms in total. The van der Waals surface area contributed by atoms with E-state index in [-0.39, 0.29) is 18.6 Å². The normalized spacial score (nSPS) is 25.2. The highest BCUT2D eigenvalue weighted by Crippen LogP contribution is 2.28. The molecule has 1 aromatic heterocycles. The van der Waals surface area contributed by atoms with E-state index >= 15 is 0 Å². The third-order valence-corrected chi connectivity index (χ3v) is 6.39. The standard InChI is InChI=1S/C16H22N2O7S/c1-11-10-17(7-3-9-24-11)15(19)12-4-2-8-18(12)26(22,23)14-6-5-13(25-14)16(20)21/h5-6,11-12H,2-4,7-10H2,1H3,(H,20,21). The number of amides is 1. The van der Waals surface area contributed by atoms with Crippen molar-refractivity contribution in [3.8, 4) is 0 Å². The van der Waals surface area contributed by atoms with Crippen molar-refractivity contribution in [2.75, 3.05) is 26.2 Å². The smallest absolute Gasteiger partial charge is 0.371 e. The first-order valence-corrected chi connectivity index (χ1v) is 10.00. The fraction of sp³-hybridized carbons (Fsp3) is 0.625. The van der Waals surface area contributed by atoms with E-state index in [4.69, 9.17) is 14.3 Å². The SMILES string of the molecule is CC1CN(C(=O)C2CCCN2S(=O)(=O)c2ccc(C(=O)O)o2)CCCO1. The predicted octanol–water partition coefficient (Wildman–Crippen LogP) is 0.768. The lowest BCUT2D eigenvalue weighted by atomic mass is 10.2. The van der Waals surface area contributed by atoms with Gasteiger partial charge in [-0.1, -0.05) is 0 Å². The summed E-state index contributed by atoms with van der Waals surface area (Å²) in [4.78, 5) is 25.5. The predicted molar refractivity (Wildman–Crippen MR) is 89.2 cm³/mol. The van der Waals surface area contributed by atoms with Crippen molar-refractivity contribution < 1.29 is 32.3 Å². The number of sulfonamides is 1. The molecule has 0 radical (unpaired) electrons. The van der Waals surface area contributed by atoms with Crippen LogP contribution in [0.25, 0.3) is 0 Å². The van der Waals surface area contributed by atoms with E-state index in [1.54, 1.807) is 4.90 Å². The molecule has 2 atom stereocenters. The van der Waals surface area contributed by atoms with Crippen LogP contribution in [-0.2, 0) is 19.6 Å². The van der Waals surface area contributed by atoms with Gasteiger partial charge >= 0.3 is 5.97 Å². The number of carboxylic acids is 1. The number of carbonyl (C=O) groups is 2. The Balaban J connectivity index is 1.82. The second kappa shape index (κ2) is 7.37. The Morgan fingerprint density at radius 2 is 2.00 bits per heavy atom. The molecule has 3 heterocycles. The van der Waals surface area contributed by atoms with Crippen LogP contribution in [0.5, 0.6) is 0 Å². The summed E-state index contributed by atoms with van der Waals surface area (Å²) in [5, 5.41) is 8.46. The van der Waals surface area contributed by atoms with E-state index in [1.165, 1.54) is 0 Å². The molecule has 2 aliphatic rings. The summed E-state index contributed by atoms with van der Waals surface area (Å²) in [6.45, 7) is 3.60. The molecule has 1 amide bonds. The van der Waals surface area contributed by atoms with Crippen LogP contribution < -0.4 is 0 Å². The van der Waals surface area contributed by atoms with Crippen molar-refractivity contribution in [1.82, 2.24) is 9.21 Å². The zero-order valence-electron chi connectivity index (χ0n) is 14.5. The number of carbonyl (C=O) groups excluding carboxylic acids is 1. The maximum absolute atomic E-state index is 12.9. The molecule has 1 aromatic rings. The first-order chi connectivity index (χ1) is 12.3. The minimum atomic E-state index is -4.08. The van der Waals surface area contributed by atoms with E-state index in [9.17, 15) is 18.0 Å². The highest BCUT2D eigenvalue weighted by molar-refractivity contribution is 7.89. The average molecular weight is 386 g/mol. The van der Waals surface area contributed by atoms with Gasteiger partial charge in [0.2, 0.25) is 16.8 Å². The molecule has 0 spiro atoms. The summed E-state index contributed by atoms with van der Waals surface area (Å²) in [5.74, 6) is -2.04. The monoisotopic (exact) mass is 386 g/mol. The first-order valence-electron chi connectivity index (χ1n) is 8.56. The van der Waals surface area contributed by atoms with Gasteiger partial charge < -0.3 is 19.2 Å². The van der Waals surface area contributed by atoms with Crippen molar-refractivity contribution in [1.29, 1.82) is 0 Å². The molecular weight excluding hydrogens is 364 g/mol. The van der Waals surface area contributed by atoms with E-state index < -0.39 is 32.9 Å². The maximum atomic E-state index is 12.9. The van der Waals surface area contributed by atoms with Crippen molar-refractivity contribution >= 4 is 21.9 Å². The number of furan rings is 1. The minimum absolute atomic E-state index is 0.101. The zero-order chi connectivity index (χ0) is 18.9. The summed E-state index contributed by atoms with van der Waals surface area (Å²) < 4.78 is 37.3. The molecule has 0 bridgehead atoms. The second-order valence-corrected chi connectivity index (χ2v) is 8.34. The number of rotatable bonds is 4. The van der Waals surface area contributed by atoms with E-state index in [0.717, 1.165) is 16.4 Å². The highest BCUT2D eigenvalue weighted by Gasteiger charge is 2.43. The van der Waals surface area contributed by atoms with Gasteiger partial charge in [0, 0.05) is 26.2 Å². The molecular formula is C16H22N2O7S. The molecule has 10 heteroatoms. The Morgan fingerprint density at radius 1 is 1.23 bits per heavy atom. The fourth-order valence-electron chi connectivity index (χ4n) is 3.37. The molecule has 144 valence electrons. The first kappa shape index (κ1) is 18.9. The summed E-state index contributed by atoms with van der Waals surface area (Å²) in [6.07, 6.45) is 1.59. The van der Waals surface area contributed by atoms with E-state index in [2.05, 4.69) is 0 Å². The van der Waals surface area contributed by atoms with Crippen LogP contribution in [0.1, 0.15) is 36.7 Å². The number of carboxylic acid groups (broad SMARTS) is 1. The van der Waals surface area contributed by atoms with Gasteiger partial charge in [0.05, 0.1) is 6.10 Å². The lowest BCUT2D eigenvalue weighted by molar-refractivity contribution is -0.135. The lowest BCUT2D eigenvalue weighted by Crippen LogP contribution is -2.49. The van der Waals surface area contributed by atoms with Crippen LogP contribution in [0, 0.1) is 0 Å². The largest absolute Gasteiger partial charge is 0.475 e. The maximum Gasteiger partial charge on any atom is 0.371 e. The molecule has 0 saturated carbocycles. The van der Waals surface area contributed by atoms with E-state index in [1.807, 2.05) is 6.92 Å². The van der Waals surface area contributed by atoms with Crippen LogP contribution >= 0.6 is 0 Å². The summed E-state index contributed by atoms with van der Waals surface area (Å²) >= 11 is 0. The number of aromatic carboxylic acids is 1. The Hall–Kier alpha value is -1.91. The number of ether oxygens (including phenoxy) is 1. The van der Waals surface area contributed by atoms with Gasteiger partial charge in [-0.05, 0) is 38.3 Å². The van der Waals surface area contributed by atoms with Crippen molar-refractivity contribution in [2.24, 2.45) is 0 Å². The molecule has 2 saturated heterocycles. The molecule has 0 aliphatic carbocycles. The van der Waals surface area contributed by atoms with Gasteiger partial charge in [0.1, 0.15) is 6.04 Å². The Kier molecular flexibility index (Phi) is 5.35. The van der Waals surface area contributed by atoms with Crippen molar-refractivity contribution in [2.45, 2.75) is 43.4 Å². The van der Waals surface area contributed by atoms with Gasteiger partial charge in [-0.15, -0.1) is 0 Å². The molecule has 0 aromatic carbocycles. The minimum Gasteiger partial charge on any atom is -0.475 e. The van der Waals surface area contributed by atoms with Gasteiger partial charge in [-0.3, -0.25) is 4.79 Å². The zero-order valence-corrected chi connectivity index (χ0v) is 15.3. The fourth-order valence-corrected chi connectivity index (χ4v) is 4.94. The number of hydrogen-bond donors (Lipinski definition) is 1. The molecule has 26 heavy (non-hydrogen) atoms. The summed E-state index contributed by atoms with van der Waals surface area (Å²) in [7, 11) is -4.08. The Morgan fingerprint density at radius 3 is 2.69 bits per heavy atom. The lowest BCUT2D eigenvalue weighted by Gasteiger charge is -2.29. The van der Waals surface area contributed by atoms with Crippen LogP contribution in [-0.4, -0.2) is 73.0 Å². The van der Waals surface area contributed by atoms with Gasteiger partial charge in [-0.25, -0.2) is 13.2 Å². The second-order valence-electron chi connectivity index (χ2n) is 6.52. The van der Waals surface area contributed by atoms with Crippen LogP contribution in [0.15, 0.2) is 21.6 Å². The molecule has 1 N–H and O–H groups in total. The van der Waals surface area contributed by atoms with Crippen molar-refractivity contribution in [3.63, 3.8) is 0 Å². The van der Waals surface area contributed by atoms with Gasteiger partial charge in [0.25, 0.3) is 10.0 Å². The van der Waals surface area contributed by atoms with Crippen LogP contribution in [0.3, 0.4) is 0 Å². The van der Waals surface area contributed by atoms with Crippen LogP contribution in [0.2, 0.25) is 0 Å². The summed E-state index contributed by atoms with van der Waals surface area (Å²) in [5.41, 5.74) is 0. The topological polar surface area (TPSA) is 117 Å². The molecule has 3 rings (SSSR count). The third kappa shape index (κ3) is 3.62. The number of hydrogen-bond acceptors (Lipinski definition) is 6. The third-order valence-electron chi connectivity index (χ3n) is 4.61. The van der Waals surface area contributed by atoms with Gasteiger partial charge in [0.15, 0.2) is 0 Å². The Bertz CT molecular complexity index is 788. The molecule has 2 unspecified atom stereocenters. The highest BCUT2D eigenvalue weighted by atomic mass is 32.2. The average Bonchev–Trinajstić information content (AvgIpc) is 3.22.